The number of nitrogens with one attached hydrogen (secondary N) is 1. The number of pyridine rings is 1. The van der Waals surface area contributed by atoms with Crippen LogP contribution in [0.1, 0.15) is 37.6 Å². The highest BCUT2D eigenvalue weighted by Gasteiger charge is 2.11. The minimum atomic E-state index is -0.0241. The van der Waals surface area contributed by atoms with Crippen molar-refractivity contribution in [1.29, 1.82) is 0 Å². The molecule has 0 aliphatic rings. The van der Waals surface area contributed by atoms with Crippen LogP contribution >= 0.6 is 0 Å². The van der Waals surface area contributed by atoms with Gasteiger partial charge in [-0.15, -0.1) is 0 Å². The largest absolute Gasteiger partial charge is 0.367 e. The second-order valence-corrected chi connectivity index (χ2v) is 4.95. The molecule has 4 heteroatoms. The van der Waals surface area contributed by atoms with E-state index in [0.29, 0.717) is 17.5 Å². The standard InChI is InChI=1S/C14H23N3O/c1-6-10(2)11(3)16-13-8-7-12(9-15-13)14(18)17(4)5/h7-11H,6H2,1-5H3,(H,15,16). The zero-order valence-corrected chi connectivity index (χ0v) is 11.9. The van der Waals surface area contributed by atoms with E-state index in [2.05, 4.69) is 31.1 Å². The highest BCUT2D eigenvalue weighted by atomic mass is 16.2. The van der Waals surface area contributed by atoms with E-state index in [1.165, 1.54) is 0 Å². The van der Waals surface area contributed by atoms with Gasteiger partial charge in [0, 0.05) is 26.3 Å². The molecule has 0 aliphatic carbocycles. The quantitative estimate of drug-likeness (QED) is 0.872. The Labute approximate surface area is 109 Å². The molecule has 0 fully saturated rings. The molecule has 2 unspecified atom stereocenters. The number of amides is 1. The average Bonchev–Trinajstić information content (AvgIpc) is 2.37. The van der Waals surface area contributed by atoms with Crippen LogP contribution in [0, 0.1) is 5.92 Å². The summed E-state index contributed by atoms with van der Waals surface area (Å²) in [6.45, 7) is 6.53. The van der Waals surface area contributed by atoms with Gasteiger partial charge in [0.15, 0.2) is 0 Å². The molecule has 0 radical (unpaired) electrons. The number of hydrogen-bond donors (Lipinski definition) is 1. The highest BCUT2D eigenvalue weighted by Crippen LogP contribution is 2.13. The van der Waals surface area contributed by atoms with Crippen molar-refractivity contribution in [2.24, 2.45) is 5.92 Å². The van der Waals surface area contributed by atoms with Crippen LogP contribution in [0.2, 0.25) is 0 Å². The van der Waals surface area contributed by atoms with Gasteiger partial charge in [-0.1, -0.05) is 20.3 Å². The minimum Gasteiger partial charge on any atom is -0.367 e. The lowest BCUT2D eigenvalue weighted by atomic mass is 10.0. The van der Waals surface area contributed by atoms with Crippen LogP contribution in [0.3, 0.4) is 0 Å². The highest BCUT2D eigenvalue weighted by molar-refractivity contribution is 5.93. The maximum absolute atomic E-state index is 11.7. The molecule has 0 aliphatic heterocycles. The first-order valence-corrected chi connectivity index (χ1v) is 6.40. The number of carbonyl (C=O) groups excluding carboxylic acids is 1. The summed E-state index contributed by atoms with van der Waals surface area (Å²) in [6.07, 6.45) is 2.75. The van der Waals surface area contributed by atoms with Gasteiger partial charge in [0.05, 0.1) is 5.56 Å². The van der Waals surface area contributed by atoms with E-state index in [-0.39, 0.29) is 5.91 Å². The predicted octanol–water partition coefficient (Wildman–Crippen LogP) is 2.63. The Hall–Kier alpha value is -1.58. The van der Waals surface area contributed by atoms with Crippen LogP contribution in [0.5, 0.6) is 0 Å². The number of nitrogens with zero attached hydrogens (tertiary/aromatic N) is 2. The van der Waals surface area contributed by atoms with Gasteiger partial charge >= 0.3 is 0 Å². The molecule has 1 aromatic rings. The zero-order valence-electron chi connectivity index (χ0n) is 11.9. The Morgan fingerprint density at radius 3 is 2.50 bits per heavy atom. The molecule has 100 valence electrons. The Balaban J connectivity index is 2.69. The van der Waals surface area contributed by atoms with E-state index in [9.17, 15) is 4.79 Å². The molecular formula is C14H23N3O. The molecule has 0 aromatic carbocycles. The molecule has 18 heavy (non-hydrogen) atoms. The van der Waals surface area contributed by atoms with E-state index in [1.807, 2.05) is 6.07 Å². The average molecular weight is 249 g/mol. The van der Waals surface area contributed by atoms with E-state index >= 15 is 0 Å². The first-order valence-electron chi connectivity index (χ1n) is 6.40. The van der Waals surface area contributed by atoms with Gasteiger partial charge in [-0.2, -0.15) is 0 Å². The maximum atomic E-state index is 11.7. The Kier molecular flexibility index (Phi) is 5.13. The van der Waals surface area contributed by atoms with Gasteiger partial charge in [-0.25, -0.2) is 4.98 Å². The fourth-order valence-electron chi connectivity index (χ4n) is 1.59. The molecule has 1 rings (SSSR count). The summed E-state index contributed by atoms with van der Waals surface area (Å²) in [5.74, 6) is 1.39. The monoisotopic (exact) mass is 249 g/mol. The lowest BCUT2D eigenvalue weighted by molar-refractivity contribution is 0.0827. The Morgan fingerprint density at radius 2 is 2.06 bits per heavy atom. The normalized spacial score (nSPS) is 13.8. The SMILES string of the molecule is CCC(C)C(C)Nc1ccc(C(=O)N(C)C)cn1. The number of aromatic nitrogens is 1. The lowest BCUT2D eigenvalue weighted by Crippen LogP contribution is -2.24. The predicted molar refractivity (Wildman–Crippen MR) is 74.8 cm³/mol. The van der Waals surface area contributed by atoms with Gasteiger partial charge in [0.1, 0.15) is 5.82 Å². The minimum absolute atomic E-state index is 0.0241. The maximum Gasteiger partial charge on any atom is 0.254 e. The lowest BCUT2D eigenvalue weighted by Gasteiger charge is -2.20. The van der Waals surface area contributed by atoms with Gasteiger partial charge in [-0.3, -0.25) is 4.79 Å². The summed E-state index contributed by atoms with van der Waals surface area (Å²) in [7, 11) is 3.47. The van der Waals surface area contributed by atoms with Gasteiger partial charge < -0.3 is 10.2 Å². The Bertz CT molecular complexity index is 387. The zero-order chi connectivity index (χ0) is 13.7. The third-order valence-corrected chi connectivity index (χ3v) is 3.29. The first-order chi connectivity index (χ1) is 8.45. The molecule has 1 aromatic heterocycles. The molecule has 1 N–H and O–H groups in total. The van der Waals surface area contributed by atoms with E-state index in [0.717, 1.165) is 12.2 Å². The smallest absolute Gasteiger partial charge is 0.254 e. The van der Waals surface area contributed by atoms with Crippen LogP contribution in [-0.2, 0) is 0 Å². The molecule has 2 atom stereocenters. The molecule has 1 heterocycles. The van der Waals surface area contributed by atoms with Crippen molar-refractivity contribution in [1.82, 2.24) is 9.88 Å². The third-order valence-electron chi connectivity index (χ3n) is 3.29. The summed E-state index contributed by atoms with van der Waals surface area (Å²) in [5.41, 5.74) is 0.613. The summed E-state index contributed by atoms with van der Waals surface area (Å²) < 4.78 is 0. The van der Waals surface area contributed by atoms with Crippen molar-refractivity contribution in [3.8, 4) is 0 Å². The third kappa shape index (κ3) is 3.72. The van der Waals surface area contributed by atoms with Crippen LogP contribution in [0.15, 0.2) is 18.3 Å². The summed E-state index contributed by atoms with van der Waals surface area (Å²) >= 11 is 0. The Morgan fingerprint density at radius 1 is 1.39 bits per heavy atom. The van der Waals surface area contributed by atoms with Crippen LogP contribution in [0.4, 0.5) is 5.82 Å². The number of carbonyl (C=O) groups is 1. The van der Waals surface area contributed by atoms with Gasteiger partial charge in [0.25, 0.3) is 5.91 Å². The van der Waals surface area contributed by atoms with Crippen molar-refractivity contribution >= 4 is 11.7 Å². The van der Waals surface area contributed by atoms with Crippen LogP contribution in [0.25, 0.3) is 0 Å². The van der Waals surface area contributed by atoms with E-state index < -0.39 is 0 Å². The summed E-state index contributed by atoms with van der Waals surface area (Å²) in [6, 6.07) is 4.04. The fourth-order valence-corrected chi connectivity index (χ4v) is 1.59. The molecule has 0 spiro atoms. The van der Waals surface area contributed by atoms with Crippen molar-refractivity contribution < 1.29 is 4.79 Å². The van der Waals surface area contributed by atoms with E-state index in [1.54, 1.807) is 31.3 Å². The van der Waals surface area contributed by atoms with Gasteiger partial charge in [0.2, 0.25) is 0 Å². The second kappa shape index (κ2) is 6.38. The number of hydrogen-bond acceptors (Lipinski definition) is 3. The second-order valence-electron chi connectivity index (χ2n) is 4.95. The van der Waals surface area contributed by atoms with Crippen LogP contribution in [-0.4, -0.2) is 35.9 Å². The van der Waals surface area contributed by atoms with Gasteiger partial charge in [-0.05, 0) is 25.0 Å². The molecule has 0 saturated carbocycles. The molecule has 1 amide bonds. The van der Waals surface area contributed by atoms with Crippen molar-refractivity contribution in [3.05, 3.63) is 23.9 Å². The van der Waals surface area contributed by atoms with E-state index in [4.69, 9.17) is 0 Å². The topological polar surface area (TPSA) is 45.2 Å². The molecule has 0 bridgehead atoms. The molecule has 0 saturated heterocycles. The van der Waals surface area contributed by atoms with Crippen LogP contribution < -0.4 is 5.32 Å². The number of rotatable bonds is 5. The number of anilines is 1. The fraction of sp³-hybridized carbons (Fsp3) is 0.571. The van der Waals surface area contributed by atoms with Crippen molar-refractivity contribution in [2.45, 2.75) is 33.2 Å². The van der Waals surface area contributed by atoms with Crippen molar-refractivity contribution in [3.63, 3.8) is 0 Å². The summed E-state index contributed by atoms with van der Waals surface area (Å²) in [5, 5.41) is 3.35. The molecular weight excluding hydrogens is 226 g/mol. The van der Waals surface area contributed by atoms with Crippen molar-refractivity contribution in [2.75, 3.05) is 19.4 Å². The summed E-state index contributed by atoms with van der Waals surface area (Å²) in [4.78, 5) is 17.5. The molecule has 4 nitrogen and oxygen atoms in total. The first kappa shape index (κ1) is 14.5.